The summed E-state index contributed by atoms with van der Waals surface area (Å²) in [5.74, 6) is -0.0243. The van der Waals surface area contributed by atoms with Gasteiger partial charge in [-0.15, -0.1) is 0 Å². The molecule has 0 fully saturated rings. The predicted octanol–water partition coefficient (Wildman–Crippen LogP) is 3.59. The number of sulfonamides is 1. The second-order valence-corrected chi connectivity index (χ2v) is 9.88. The molecule has 9 heteroatoms. The minimum atomic E-state index is -3.92. The zero-order valence-electron chi connectivity index (χ0n) is 18.8. The Morgan fingerprint density at radius 3 is 2.44 bits per heavy atom. The maximum absolute atomic E-state index is 13.4. The topological polar surface area (TPSA) is 84.9 Å². The van der Waals surface area contributed by atoms with Crippen LogP contribution in [0.2, 0.25) is 0 Å². The quantitative estimate of drug-likeness (QED) is 0.518. The lowest BCUT2D eigenvalue weighted by Gasteiger charge is -2.35. The molecule has 1 atom stereocenters. The standard InChI is InChI=1S/C25H25FN2O5S/c1-17-3-10-21(11-4-17)34(30,31)28-16-24(33-23-15-18(2)5-12-22(23)28)25(29)27-13-14-32-20-8-6-19(26)7-9-20/h3-12,15,24H,13-14,16H2,1-2H3,(H,27,29)/t24-/m1/s1. The molecule has 178 valence electrons. The number of ether oxygens (including phenoxy) is 2. The number of aryl methyl sites for hydroxylation is 2. The van der Waals surface area contributed by atoms with Crippen LogP contribution in [0.4, 0.5) is 10.1 Å². The fourth-order valence-corrected chi connectivity index (χ4v) is 5.03. The Balaban J connectivity index is 1.49. The molecule has 34 heavy (non-hydrogen) atoms. The van der Waals surface area contributed by atoms with E-state index in [-0.39, 0.29) is 30.4 Å². The smallest absolute Gasteiger partial charge is 0.264 e. The van der Waals surface area contributed by atoms with E-state index in [4.69, 9.17) is 9.47 Å². The Labute approximate surface area is 198 Å². The van der Waals surface area contributed by atoms with Crippen LogP contribution in [0.5, 0.6) is 11.5 Å². The van der Waals surface area contributed by atoms with Crippen LogP contribution in [0.1, 0.15) is 11.1 Å². The Kier molecular flexibility index (Phi) is 6.74. The van der Waals surface area contributed by atoms with Crippen LogP contribution in [0, 0.1) is 19.7 Å². The molecule has 4 rings (SSSR count). The molecule has 1 aliphatic heterocycles. The summed E-state index contributed by atoms with van der Waals surface area (Å²) in [6.45, 7) is 3.89. The molecule has 0 aromatic heterocycles. The van der Waals surface area contributed by atoms with Crippen LogP contribution in [0.3, 0.4) is 0 Å². The molecule has 0 unspecified atom stereocenters. The predicted molar refractivity (Wildman–Crippen MR) is 126 cm³/mol. The van der Waals surface area contributed by atoms with Crippen LogP contribution in [0.25, 0.3) is 0 Å². The van der Waals surface area contributed by atoms with Crippen LogP contribution in [0.15, 0.2) is 71.6 Å². The Morgan fingerprint density at radius 1 is 1.06 bits per heavy atom. The molecule has 0 saturated carbocycles. The number of fused-ring (bicyclic) bond motifs is 1. The van der Waals surface area contributed by atoms with E-state index in [1.807, 2.05) is 13.8 Å². The molecule has 0 spiro atoms. The Morgan fingerprint density at radius 2 is 1.74 bits per heavy atom. The minimum Gasteiger partial charge on any atom is -0.492 e. The first-order valence-electron chi connectivity index (χ1n) is 10.8. The van der Waals surface area contributed by atoms with Crippen molar-refractivity contribution in [3.8, 4) is 11.5 Å². The number of hydrogen-bond acceptors (Lipinski definition) is 5. The highest BCUT2D eigenvalue weighted by atomic mass is 32.2. The van der Waals surface area contributed by atoms with E-state index in [1.165, 1.54) is 28.6 Å². The van der Waals surface area contributed by atoms with Gasteiger partial charge in [0.2, 0.25) is 0 Å². The first kappa shape index (κ1) is 23.6. The van der Waals surface area contributed by atoms with Crippen molar-refractivity contribution in [2.75, 3.05) is 24.0 Å². The molecule has 1 heterocycles. The summed E-state index contributed by atoms with van der Waals surface area (Å²) in [6, 6.07) is 17.3. The maximum Gasteiger partial charge on any atom is 0.264 e. The van der Waals surface area contributed by atoms with E-state index in [2.05, 4.69) is 5.32 Å². The summed E-state index contributed by atoms with van der Waals surface area (Å²) in [5, 5.41) is 2.71. The molecular formula is C25H25FN2O5S. The van der Waals surface area contributed by atoms with E-state index in [1.54, 1.807) is 42.5 Å². The lowest BCUT2D eigenvalue weighted by Crippen LogP contribution is -2.51. The van der Waals surface area contributed by atoms with E-state index in [0.29, 0.717) is 17.2 Å². The summed E-state index contributed by atoms with van der Waals surface area (Å²) in [5.41, 5.74) is 2.20. The van der Waals surface area contributed by atoms with Crippen molar-refractivity contribution >= 4 is 21.6 Å². The zero-order valence-corrected chi connectivity index (χ0v) is 19.6. The normalized spacial score (nSPS) is 15.3. The summed E-state index contributed by atoms with van der Waals surface area (Å²) in [6.07, 6.45) is -1.04. The van der Waals surface area contributed by atoms with Gasteiger partial charge in [-0.2, -0.15) is 0 Å². The molecule has 1 amide bonds. The molecule has 7 nitrogen and oxygen atoms in total. The molecule has 0 saturated heterocycles. The number of halogens is 1. The van der Waals surface area contributed by atoms with Crippen molar-refractivity contribution in [1.82, 2.24) is 5.32 Å². The van der Waals surface area contributed by atoms with Gasteiger partial charge in [0.1, 0.15) is 23.9 Å². The number of anilines is 1. The molecule has 3 aromatic carbocycles. The van der Waals surface area contributed by atoms with Gasteiger partial charge in [0, 0.05) is 0 Å². The largest absolute Gasteiger partial charge is 0.492 e. The third kappa shape index (κ3) is 5.14. The molecule has 0 radical (unpaired) electrons. The first-order chi connectivity index (χ1) is 16.2. The van der Waals surface area contributed by atoms with Crippen molar-refractivity contribution in [3.05, 3.63) is 83.7 Å². The van der Waals surface area contributed by atoms with Crippen molar-refractivity contribution in [2.24, 2.45) is 0 Å². The van der Waals surface area contributed by atoms with E-state index in [9.17, 15) is 17.6 Å². The van der Waals surface area contributed by atoms with Gasteiger partial charge >= 0.3 is 0 Å². The van der Waals surface area contributed by atoms with Crippen molar-refractivity contribution in [3.63, 3.8) is 0 Å². The second kappa shape index (κ2) is 9.72. The lowest BCUT2D eigenvalue weighted by atomic mass is 10.1. The van der Waals surface area contributed by atoms with Gasteiger partial charge in [0.15, 0.2) is 6.10 Å². The number of carbonyl (C=O) groups is 1. The number of nitrogens with one attached hydrogen (secondary N) is 1. The summed E-state index contributed by atoms with van der Waals surface area (Å²) in [4.78, 5) is 13.0. The highest BCUT2D eigenvalue weighted by Gasteiger charge is 2.37. The minimum absolute atomic E-state index is 0.137. The van der Waals surface area contributed by atoms with E-state index < -0.39 is 22.0 Å². The highest BCUT2D eigenvalue weighted by molar-refractivity contribution is 7.92. The molecule has 0 bridgehead atoms. The van der Waals surface area contributed by atoms with Crippen molar-refractivity contribution in [1.29, 1.82) is 0 Å². The third-order valence-corrected chi connectivity index (χ3v) is 7.16. The van der Waals surface area contributed by atoms with Gasteiger partial charge in [0.05, 0.1) is 23.7 Å². The SMILES string of the molecule is Cc1ccc(S(=O)(=O)N2C[C@H](C(=O)NCCOc3ccc(F)cc3)Oc3cc(C)ccc32)cc1. The third-order valence-electron chi connectivity index (χ3n) is 5.37. The van der Waals surface area contributed by atoms with Crippen LogP contribution in [-0.4, -0.2) is 40.1 Å². The zero-order chi connectivity index (χ0) is 24.3. The fourth-order valence-electron chi connectivity index (χ4n) is 3.55. The first-order valence-corrected chi connectivity index (χ1v) is 12.2. The maximum atomic E-state index is 13.4. The number of nitrogens with zero attached hydrogens (tertiary/aromatic N) is 1. The molecule has 0 aliphatic carbocycles. The Bertz CT molecular complexity index is 1280. The van der Waals surface area contributed by atoms with Crippen molar-refractivity contribution < 1.29 is 27.1 Å². The van der Waals surface area contributed by atoms with Gasteiger partial charge in [-0.05, 0) is 67.9 Å². The number of carbonyl (C=O) groups excluding carboxylic acids is 1. The molecule has 1 N–H and O–H groups in total. The van der Waals surface area contributed by atoms with Gasteiger partial charge in [-0.1, -0.05) is 23.8 Å². The van der Waals surface area contributed by atoms with Gasteiger partial charge in [-0.3, -0.25) is 9.10 Å². The second-order valence-electron chi connectivity index (χ2n) is 8.02. The average molecular weight is 485 g/mol. The van der Waals surface area contributed by atoms with Crippen LogP contribution in [-0.2, 0) is 14.8 Å². The summed E-state index contributed by atoms with van der Waals surface area (Å²) < 4.78 is 52.5. The van der Waals surface area contributed by atoms with E-state index in [0.717, 1.165) is 11.1 Å². The number of rotatable bonds is 7. The van der Waals surface area contributed by atoms with Crippen LogP contribution >= 0.6 is 0 Å². The number of benzene rings is 3. The highest BCUT2D eigenvalue weighted by Crippen LogP contribution is 2.37. The van der Waals surface area contributed by atoms with Gasteiger partial charge in [-0.25, -0.2) is 12.8 Å². The number of amides is 1. The average Bonchev–Trinajstić information content (AvgIpc) is 2.82. The number of hydrogen-bond donors (Lipinski definition) is 1. The van der Waals surface area contributed by atoms with Crippen LogP contribution < -0.4 is 19.1 Å². The monoisotopic (exact) mass is 484 g/mol. The van der Waals surface area contributed by atoms with Gasteiger partial charge < -0.3 is 14.8 Å². The van der Waals surface area contributed by atoms with Gasteiger partial charge in [0.25, 0.3) is 15.9 Å². The molecule has 3 aromatic rings. The summed E-state index contributed by atoms with van der Waals surface area (Å²) >= 11 is 0. The Hall–Kier alpha value is -3.59. The molecule has 1 aliphatic rings. The molecular weight excluding hydrogens is 459 g/mol. The summed E-state index contributed by atoms with van der Waals surface area (Å²) in [7, 11) is -3.92. The fraction of sp³-hybridized carbons (Fsp3) is 0.240. The van der Waals surface area contributed by atoms with Crippen molar-refractivity contribution in [2.45, 2.75) is 24.8 Å². The van der Waals surface area contributed by atoms with E-state index >= 15 is 0 Å². The lowest BCUT2D eigenvalue weighted by molar-refractivity contribution is -0.127.